The molecule has 10 nitrogen and oxygen atoms in total. The third kappa shape index (κ3) is 7.24. The molecule has 0 radical (unpaired) electrons. The van der Waals surface area contributed by atoms with Gasteiger partial charge in [0.05, 0.1) is 11.3 Å². The van der Waals surface area contributed by atoms with Gasteiger partial charge in [0.2, 0.25) is 22.0 Å². The largest absolute Gasteiger partial charge is 0.445 e. The maximum Gasteiger partial charge on any atom is 0.445 e. The molecule has 2 heterocycles. The molecule has 0 unspecified atom stereocenters. The molecular weight excluding hydrogens is 592 g/mol. The minimum atomic E-state index is -4.86. The normalized spacial score (nSPS) is 17.5. The summed E-state index contributed by atoms with van der Waals surface area (Å²) in [5.74, 6) is -2.70. The highest BCUT2D eigenvalue weighted by molar-refractivity contribution is 7.15. The second kappa shape index (κ2) is 12.5. The molecule has 1 saturated carbocycles. The number of hydrogen-bond donors (Lipinski definition) is 2. The van der Waals surface area contributed by atoms with Gasteiger partial charge in [0.15, 0.2) is 5.69 Å². The Labute approximate surface area is 239 Å². The molecule has 0 atom stereocenters. The van der Waals surface area contributed by atoms with Crippen LogP contribution in [0.1, 0.15) is 46.7 Å². The molecule has 2 N–H and O–H groups in total. The number of carbonyl (C=O) groups is 3. The molecule has 0 bridgehead atoms. The summed E-state index contributed by atoms with van der Waals surface area (Å²) in [5, 5.41) is 13.7. The second-order valence-electron chi connectivity index (χ2n) is 9.55. The van der Waals surface area contributed by atoms with Crippen LogP contribution >= 0.6 is 11.3 Å². The summed E-state index contributed by atoms with van der Waals surface area (Å²) < 4.78 is 79.8. The van der Waals surface area contributed by atoms with Crippen molar-refractivity contribution in [2.45, 2.75) is 38.0 Å². The number of alkyl halides is 6. The first-order valence-electron chi connectivity index (χ1n) is 12.7. The average molecular weight is 618 g/mol. The number of hydrogen-bond acceptors (Lipinski definition) is 7. The summed E-state index contributed by atoms with van der Waals surface area (Å²) in [7, 11) is 1.32. The average Bonchev–Trinajstić information content (AvgIpc) is 3.64. The van der Waals surface area contributed by atoms with E-state index in [-0.39, 0.29) is 35.5 Å². The Morgan fingerprint density at radius 2 is 1.55 bits per heavy atom. The number of halogens is 6. The van der Waals surface area contributed by atoms with Crippen LogP contribution in [0.15, 0.2) is 36.5 Å². The zero-order chi connectivity index (χ0) is 30.7. The monoisotopic (exact) mass is 617 g/mol. The van der Waals surface area contributed by atoms with Gasteiger partial charge in [-0.1, -0.05) is 29.5 Å². The lowest BCUT2D eigenvalue weighted by molar-refractivity contribution is -0.141. The third-order valence-corrected chi connectivity index (χ3v) is 7.72. The highest BCUT2D eigenvalue weighted by atomic mass is 32.1. The van der Waals surface area contributed by atoms with Crippen LogP contribution in [0.5, 0.6) is 0 Å². The van der Waals surface area contributed by atoms with Crippen molar-refractivity contribution in [3.05, 3.63) is 52.8 Å². The number of rotatable bonds is 8. The summed E-state index contributed by atoms with van der Waals surface area (Å²) in [6.45, 7) is -0.183. The molecule has 1 fully saturated rings. The van der Waals surface area contributed by atoms with Crippen molar-refractivity contribution in [3.8, 4) is 5.69 Å². The molecule has 1 aromatic carbocycles. The zero-order valence-corrected chi connectivity index (χ0v) is 22.8. The van der Waals surface area contributed by atoms with Crippen LogP contribution in [0.25, 0.3) is 5.69 Å². The van der Waals surface area contributed by atoms with Gasteiger partial charge in [-0.05, 0) is 37.8 Å². The fourth-order valence-electron chi connectivity index (χ4n) is 4.50. The van der Waals surface area contributed by atoms with Crippen LogP contribution in [-0.4, -0.2) is 57.8 Å². The van der Waals surface area contributed by atoms with Crippen molar-refractivity contribution in [2.24, 2.45) is 11.8 Å². The lowest BCUT2D eigenvalue weighted by atomic mass is 9.81. The van der Waals surface area contributed by atoms with Gasteiger partial charge in [0.25, 0.3) is 5.91 Å². The molecule has 4 rings (SSSR count). The molecule has 3 amide bonds. The minimum Gasteiger partial charge on any atom is -0.354 e. The van der Waals surface area contributed by atoms with E-state index in [1.807, 2.05) is 0 Å². The van der Waals surface area contributed by atoms with Crippen LogP contribution in [0.3, 0.4) is 0 Å². The number of nitrogens with one attached hydrogen (secondary N) is 2. The van der Waals surface area contributed by atoms with Gasteiger partial charge in [-0.2, -0.15) is 31.4 Å². The standard InChI is InChI=1S/C25H25F6N7O3S/c1-37(23-35-34-22(42-23)25(29,30)31)21(41)15-9-7-14(8-10-15)19(39)32-11-12-33-20(40)17-13-38(16-5-3-2-4-6-16)36-18(17)24(26,27)28/h2-6,13-15H,7-12H2,1H3,(H,32,39)(H,33,40). The van der Waals surface area contributed by atoms with Gasteiger partial charge in [0.1, 0.15) is 0 Å². The smallest absolute Gasteiger partial charge is 0.354 e. The van der Waals surface area contributed by atoms with E-state index >= 15 is 0 Å². The Morgan fingerprint density at radius 1 is 0.929 bits per heavy atom. The molecule has 0 saturated heterocycles. The van der Waals surface area contributed by atoms with E-state index < -0.39 is 52.3 Å². The summed E-state index contributed by atoms with van der Waals surface area (Å²) in [4.78, 5) is 38.9. The number of amides is 3. The molecule has 42 heavy (non-hydrogen) atoms. The van der Waals surface area contributed by atoms with E-state index in [1.54, 1.807) is 18.2 Å². The van der Waals surface area contributed by atoms with Gasteiger partial charge < -0.3 is 10.6 Å². The van der Waals surface area contributed by atoms with Gasteiger partial charge in [-0.25, -0.2) is 4.68 Å². The first kappa shape index (κ1) is 30.9. The molecule has 1 aliphatic rings. The minimum absolute atomic E-state index is 0.0427. The van der Waals surface area contributed by atoms with Gasteiger partial charge >= 0.3 is 12.4 Å². The van der Waals surface area contributed by atoms with Crippen LogP contribution in [0, 0.1) is 11.8 Å². The number of aromatic nitrogens is 4. The van der Waals surface area contributed by atoms with E-state index in [0.717, 1.165) is 15.8 Å². The van der Waals surface area contributed by atoms with Crippen molar-refractivity contribution in [1.29, 1.82) is 0 Å². The fourth-order valence-corrected chi connectivity index (χ4v) is 5.18. The highest BCUT2D eigenvalue weighted by Gasteiger charge is 2.40. The summed E-state index contributed by atoms with van der Waals surface area (Å²) in [5.41, 5.74) is -1.65. The van der Waals surface area contributed by atoms with Crippen LogP contribution in [0.4, 0.5) is 31.5 Å². The van der Waals surface area contributed by atoms with Crippen LogP contribution in [-0.2, 0) is 21.9 Å². The summed E-state index contributed by atoms with van der Waals surface area (Å²) in [6, 6.07) is 8.00. The van der Waals surface area contributed by atoms with Crippen LogP contribution < -0.4 is 15.5 Å². The number of para-hydroxylation sites is 1. The van der Waals surface area contributed by atoms with E-state index in [2.05, 4.69) is 25.9 Å². The molecule has 3 aromatic rings. The Kier molecular flexibility index (Phi) is 9.18. The number of carbonyl (C=O) groups excluding carboxylic acids is 3. The van der Waals surface area contributed by atoms with Gasteiger partial charge in [0, 0.05) is 38.2 Å². The Morgan fingerprint density at radius 3 is 2.14 bits per heavy atom. The zero-order valence-electron chi connectivity index (χ0n) is 22.0. The lowest BCUT2D eigenvalue weighted by Crippen LogP contribution is -2.40. The highest BCUT2D eigenvalue weighted by Crippen LogP contribution is 2.36. The van der Waals surface area contributed by atoms with Gasteiger partial charge in [-0.3, -0.25) is 19.3 Å². The molecule has 17 heteroatoms. The Hall–Kier alpha value is -4.02. The quantitative estimate of drug-likeness (QED) is 0.290. The van der Waals surface area contributed by atoms with Crippen molar-refractivity contribution >= 4 is 34.2 Å². The van der Waals surface area contributed by atoms with Crippen molar-refractivity contribution in [3.63, 3.8) is 0 Å². The predicted octanol–water partition coefficient (Wildman–Crippen LogP) is 4.08. The second-order valence-corrected chi connectivity index (χ2v) is 10.5. The van der Waals surface area contributed by atoms with Crippen molar-refractivity contribution < 1.29 is 40.7 Å². The van der Waals surface area contributed by atoms with Crippen LogP contribution in [0.2, 0.25) is 0 Å². The molecule has 226 valence electrons. The molecule has 0 spiro atoms. The molecule has 0 aliphatic heterocycles. The lowest BCUT2D eigenvalue weighted by Gasteiger charge is -2.29. The van der Waals surface area contributed by atoms with Crippen molar-refractivity contribution in [1.82, 2.24) is 30.6 Å². The van der Waals surface area contributed by atoms with E-state index in [9.17, 15) is 40.7 Å². The maximum absolute atomic E-state index is 13.5. The summed E-state index contributed by atoms with van der Waals surface area (Å²) >= 11 is 0.263. The SMILES string of the molecule is CN(C(=O)C1CCC(C(=O)NCCNC(=O)c2cn(-c3ccccc3)nc2C(F)(F)F)CC1)c1nnc(C(F)(F)F)s1. The third-order valence-electron chi connectivity index (χ3n) is 6.68. The van der Waals surface area contributed by atoms with Crippen molar-refractivity contribution in [2.75, 3.05) is 25.0 Å². The Balaban J connectivity index is 1.24. The summed E-state index contributed by atoms with van der Waals surface area (Å²) in [6.07, 6.45) is -7.18. The number of anilines is 1. The van der Waals surface area contributed by atoms with E-state index in [0.29, 0.717) is 31.4 Å². The molecular formula is C25H25F6N7O3S. The topological polar surface area (TPSA) is 122 Å². The molecule has 1 aliphatic carbocycles. The maximum atomic E-state index is 13.5. The fraction of sp³-hybridized carbons (Fsp3) is 0.440. The first-order chi connectivity index (χ1) is 19.8. The Bertz CT molecular complexity index is 1420. The molecule has 2 aromatic heterocycles. The number of nitrogens with zero attached hydrogens (tertiary/aromatic N) is 5. The first-order valence-corrected chi connectivity index (χ1v) is 13.5. The predicted molar refractivity (Wildman–Crippen MR) is 138 cm³/mol. The van der Waals surface area contributed by atoms with E-state index in [4.69, 9.17) is 0 Å². The van der Waals surface area contributed by atoms with Gasteiger partial charge in [-0.15, -0.1) is 10.2 Å². The number of benzene rings is 1. The van der Waals surface area contributed by atoms with E-state index in [1.165, 1.54) is 19.2 Å².